The second kappa shape index (κ2) is 11.2. The normalized spacial score (nSPS) is 19.8. The van der Waals surface area contributed by atoms with Crippen molar-refractivity contribution in [3.63, 3.8) is 0 Å². The molecule has 1 saturated carbocycles. The first kappa shape index (κ1) is 25.7. The Morgan fingerprint density at radius 1 is 0.919 bits per heavy atom. The highest BCUT2D eigenvalue weighted by Gasteiger charge is 2.36. The maximum Gasteiger partial charge on any atom is 0.152 e. The van der Waals surface area contributed by atoms with Gasteiger partial charge in [-0.15, -0.1) is 0 Å². The van der Waals surface area contributed by atoms with Gasteiger partial charge in [0.2, 0.25) is 0 Å². The number of hydrogen-bond donors (Lipinski definition) is 0. The van der Waals surface area contributed by atoms with E-state index < -0.39 is 0 Å². The van der Waals surface area contributed by atoms with Crippen molar-refractivity contribution in [1.29, 1.82) is 0 Å². The predicted molar refractivity (Wildman–Crippen MR) is 158 cm³/mol. The number of allylic oxidation sites excluding steroid dienone is 2. The van der Waals surface area contributed by atoms with Crippen LogP contribution in [-0.2, 0) is 5.41 Å². The Morgan fingerprint density at radius 2 is 1.68 bits per heavy atom. The summed E-state index contributed by atoms with van der Waals surface area (Å²) in [5, 5.41) is 7.29. The molecule has 0 amide bonds. The second-order valence-electron chi connectivity index (χ2n) is 11.3. The smallest absolute Gasteiger partial charge is 0.152 e. The van der Waals surface area contributed by atoms with Crippen molar-refractivity contribution >= 4 is 17.0 Å². The van der Waals surface area contributed by atoms with E-state index in [4.69, 9.17) is 10.1 Å². The van der Waals surface area contributed by atoms with Gasteiger partial charge in [-0.3, -0.25) is 0 Å². The lowest BCUT2D eigenvalue weighted by Crippen LogP contribution is -2.33. The van der Waals surface area contributed by atoms with Gasteiger partial charge < -0.3 is 0 Å². The fraction of sp³-hybridized carbons (Fsp3) is 0.471. The number of fused-ring (bicyclic) bond motifs is 1. The van der Waals surface area contributed by atoms with Gasteiger partial charge in [0.15, 0.2) is 5.82 Å². The van der Waals surface area contributed by atoms with Crippen LogP contribution in [0.25, 0.3) is 5.57 Å². The zero-order chi connectivity index (χ0) is 25.8. The summed E-state index contributed by atoms with van der Waals surface area (Å²) in [5.74, 6) is 1.72. The molecule has 3 heteroatoms. The number of hydrogen-bond acceptors (Lipinski definition) is 3. The number of aliphatic imine (C=N–C) groups is 1. The zero-order valence-electron chi connectivity index (χ0n) is 23.3. The van der Waals surface area contributed by atoms with E-state index >= 15 is 0 Å². The maximum atomic E-state index is 5.34. The standard InChI is InChI=1S/C34H43N3/c1-5-12-26(6-2)23-30-20-15-25(4)33-35-32(31(24-37(33)36-30)27-13-9-8-10-14-27)28-16-18-29(19-17-28)34(7-3)21-11-22-34/h8-10,13-14,16-19,24,26H,5-7,11-12,15,20-23H2,1-4H3. The Hall–Kier alpha value is -2.94. The van der Waals surface area contributed by atoms with Gasteiger partial charge in [-0.1, -0.05) is 101 Å². The third-order valence-electron chi connectivity index (χ3n) is 9.00. The molecule has 5 rings (SSSR count). The summed E-state index contributed by atoms with van der Waals surface area (Å²) in [5.41, 5.74) is 9.08. The first-order valence-corrected chi connectivity index (χ1v) is 14.6. The van der Waals surface area contributed by atoms with Gasteiger partial charge in [0, 0.05) is 23.0 Å². The van der Waals surface area contributed by atoms with Crippen LogP contribution in [0.5, 0.6) is 0 Å². The van der Waals surface area contributed by atoms with Crippen molar-refractivity contribution in [2.75, 3.05) is 0 Å². The maximum absolute atomic E-state index is 5.34. The minimum Gasteiger partial charge on any atom is -0.228 e. The van der Waals surface area contributed by atoms with Gasteiger partial charge in [-0.25, -0.2) is 10.0 Å². The summed E-state index contributed by atoms with van der Waals surface area (Å²) in [7, 11) is 0. The van der Waals surface area contributed by atoms with E-state index in [1.165, 1.54) is 72.9 Å². The molecule has 0 N–H and O–H groups in total. The molecular weight excluding hydrogens is 450 g/mol. The van der Waals surface area contributed by atoms with Crippen LogP contribution in [-0.4, -0.2) is 16.4 Å². The molecule has 0 aromatic heterocycles. The molecule has 2 aromatic rings. The van der Waals surface area contributed by atoms with Gasteiger partial charge in [-0.05, 0) is 73.5 Å². The van der Waals surface area contributed by atoms with E-state index in [1.54, 1.807) is 0 Å². The summed E-state index contributed by atoms with van der Waals surface area (Å²) < 4.78 is 0. The molecule has 1 aliphatic carbocycles. The van der Waals surface area contributed by atoms with Gasteiger partial charge in [0.05, 0.1) is 5.71 Å². The van der Waals surface area contributed by atoms with Crippen LogP contribution in [0.15, 0.2) is 82.3 Å². The number of benzene rings is 2. The zero-order valence-corrected chi connectivity index (χ0v) is 23.3. The minimum atomic E-state index is 0.390. The van der Waals surface area contributed by atoms with Crippen LogP contribution in [0.3, 0.4) is 0 Å². The van der Waals surface area contributed by atoms with Crippen molar-refractivity contribution in [1.82, 2.24) is 5.01 Å². The summed E-state index contributed by atoms with van der Waals surface area (Å²) in [4.78, 5) is 5.34. The van der Waals surface area contributed by atoms with Crippen LogP contribution in [0.1, 0.15) is 109 Å². The molecule has 0 spiro atoms. The van der Waals surface area contributed by atoms with E-state index in [-0.39, 0.29) is 0 Å². The summed E-state index contributed by atoms with van der Waals surface area (Å²) in [6.07, 6.45) is 14.3. The summed E-state index contributed by atoms with van der Waals surface area (Å²) in [6.45, 7) is 9.18. The Balaban J connectivity index is 1.53. The Morgan fingerprint density at radius 3 is 2.30 bits per heavy atom. The topological polar surface area (TPSA) is 28.0 Å². The van der Waals surface area contributed by atoms with E-state index in [1.807, 2.05) is 0 Å². The molecule has 2 aromatic carbocycles. The molecule has 0 radical (unpaired) electrons. The fourth-order valence-electron chi connectivity index (χ4n) is 6.29. The van der Waals surface area contributed by atoms with Crippen molar-refractivity contribution in [2.24, 2.45) is 16.0 Å². The van der Waals surface area contributed by atoms with Gasteiger partial charge in [0.1, 0.15) is 0 Å². The van der Waals surface area contributed by atoms with E-state index in [0.29, 0.717) is 11.3 Å². The molecule has 3 aliphatic rings. The molecule has 1 atom stereocenters. The van der Waals surface area contributed by atoms with Gasteiger partial charge >= 0.3 is 0 Å². The lowest BCUT2D eigenvalue weighted by molar-refractivity contribution is 0.235. The SMILES string of the molecule is CCCC(CC)CC1=NN2C=C(c3ccccc3)C(c3ccc(C4(CC)CCC4)cc3)=NC2=C(C)CC1. The highest BCUT2D eigenvalue weighted by molar-refractivity contribution is 6.32. The minimum absolute atomic E-state index is 0.390. The summed E-state index contributed by atoms with van der Waals surface area (Å²) >= 11 is 0. The number of rotatable bonds is 9. The van der Waals surface area contributed by atoms with Crippen molar-refractivity contribution in [2.45, 2.75) is 97.3 Å². The molecule has 1 unspecified atom stereocenters. The molecule has 2 heterocycles. The van der Waals surface area contributed by atoms with Crippen molar-refractivity contribution < 1.29 is 0 Å². The monoisotopic (exact) mass is 493 g/mol. The third-order valence-corrected chi connectivity index (χ3v) is 9.00. The van der Waals surface area contributed by atoms with Crippen LogP contribution in [0, 0.1) is 5.92 Å². The highest BCUT2D eigenvalue weighted by atomic mass is 15.5. The molecule has 194 valence electrons. The van der Waals surface area contributed by atoms with Gasteiger partial charge in [0.25, 0.3) is 0 Å². The van der Waals surface area contributed by atoms with Crippen molar-refractivity contribution in [3.05, 3.63) is 88.9 Å². The van der Waals surface area contributed by atoms with E-state index in [2.05, 4.69) is 93.5 Å². The third kappa shape index (κ3) is 5.23. The molecule has 0 bridgehead atoms. The van der Waals surface area contributed by atoms with Crippen LogP contribution < -0.4 is 0 Å². The van der Waals surface area contributed by atoms with Gasteiger partial charge in [-0.2, -0.15) is 5.10 Å². The lowest BCUT2D eigenvalue weighted by atomic mass is 9.63. The van der Waals surface area contributed by atoms with Crippen LogP contribution >= 0.6 is 0 Å². The summed E-state index contributed by atoms with van der Waals surface area (Å²) in [6, 6.07) is 20.0. The Labute approximate surface area is 224 Å². The average Bonchev–Trinajstić information content (AvgIpc) is 3.06. The first-order chi connectivity index (χ1) is 18.1. The quantitative estimate of drug-likeness (QED) is 0.342. The Bertz CT molecular complexity index is 1200. The van der Waals surface area contributed by atoms with Crippen LogP contribution in [0.4, 0.5) is 0 Å². The van der Waals surface area contributed by atoms with Crippen LogP contribution in [0.2, 0.25) is 0 Å². The fourth-order valence-corrected chi connectivity index (χ4v) is 6.29. The predicted octanol–water partition coefficient (Wildman–Crippen LogP) is 9.26. The first-order valence-electron chi connectivity index (χ1n) is 14.6. The van der Waals surface area contributed by atoms with E-state index in [9.17, 15) is 0 Å². The molecule has 1 fully saturated rings. The lowest BCUT2D eigenvalue weighted by Gasteiger charge is -2.42. The van der Waals surface area contributed by atoms with Crippen molar-refractivity contribution in [3.8, 4) is 0 Å². The Kier molecular flexibility index (Phi) is 7.79. The number of hydrazone groups is 1. The second-order valence-corrected chi connectivity index (χ2v) is 11.3. The number of nitrogens with zero attached hydrogens (tertiary/aromatic N) is 3. The molecular formula is C34H43N3. The highest BCUT2D eigenvalue weighted by Crippen LogP contribution is 2.46. The molecule has 3 nitrogen and oxygen atoms in total. The molecule has 37 heavy (non-hydrogen) atoms. The molecule has 2 aliphatic heterocycles. The largest absolute Gasteiger partial charge is 0.228 e. The molecule has 0 saturated heterocycles. The average molecular weight is 494 g/mol. The van der Waals surface area contributed by atoms with E-state index in [0.717, 1.165) is 36.4 Å².